The average molecular weight is 210 g/mol. The van der Waals surface area contributed by atoms with Crippen LogP contribution >= 0.6 is 0 Å². The van der Waals surface area contributed by atoms with E-state index in [0.29, 0.717) is 11.5 Å². The molecule has 0 fully saturated rings. The van der Waals surface area contributed by atoms with Crippen molar-refractivity contribution in [3.05, 3.63) is 12.2 Å². The van der Waals surface area contributed by atoms with Gasteiger partial charge in [0.2, 0.25) is 0 Å². The highest BCUT2D eigenvalue weighted by Gasteiger charge is 2.18. The maximum absolute atomic E-state index is 4.19. The zero-order valence-electron chi connectivity index (χ0n) is 10.4. The zero-order chi connectivity index (χ0) is 11.5. The highest BCUT2D eigenvalue weighted by molar-refractivity contribution is 4.85. The summed E-state index contributed by atoms with van der Waals surface area (Å²) in [6.45, 7) is 9.90. The summed E-state index contributed by atoms with van der Waals surface area (Å²) in [5, 5.41) is 7.55. The van der Waals surface area contributed by atoms with Crippen molar-refractivity contribution in [2.75, 3.05) is 6.54 Å². The molecule has 86 valence electrons. The van der Waals surface area contributed by atoms with Crippen molar-refractivity contribution >= 4 is 0 Å². The first kappa shape index (κ1) is 12.2. The molecule has 0 spiro atoms. The second-order valence-corrected chi connectivity index (χ2v) is 5.09. The summed E-state index contributed by atoms with van der Waals surface area (Å²) in [6.07, 6.45) is 2.53. The minimum Gasteiger partial charge on any atom is -0.313 e. The lowest BCUT2D eigenvalue weighted by atomic mass is 9.88. The molecule has 0 aliphatic carbocycles. The molecular weight excluding hydrogens is 188 g/mol. The minimum atomic E-state index is 0.305. The molecule has 0 aliphatic rings. The van der Waals surface area contributed by atoms with Crippen LogP contribution in [0.5, 0.6) is 0 Å². The maximum Gasteiger partial charge on any atom is 0.138 e. The van der Waals surface area contributed by atoms with Gasteiger partial charge in [0.15, 0.2) is 0 Å². The summed E-state index contributed by atoms with van der Waals surface area (Å²) in [6, 6.07) is 0.505. The largest absolute Gasteiger partial charge is 0.313 e. The highest BCUT2D eigenvalue weighted by atomic mass is 15.3. The van der Waals surface area contributed by atoms with Crippen molar-refractivity contribution in [3.63, 3.8) is 0 Å². The van der Waals surface area contributed by atoms with Gasteiger partial charge in [-0.05, 0) is 12.3 Å². The first-order valence-electron chi connectivity index (χ1n) is 5.47. The van der Waals surface area contributed by atoms with Crippen LogP contribution in [0.25, 0.3) is 0 Å². The van der Waals surface area contributed by atoms with Gasteiger partial charge in [0.1, 0.15) is 12.2 Å². The van der Waals surface area contributed by atoms with Crippen molar-refractivity contribution in [2.24, 2.45) is 12.5 Å². The van der Waals surface area contributed by atoms with E-state index in [-0.39, 0.29) is 0 Å². The molecule has 1 aromatic rings. The van der Waals surface area contributed by atoms with Crippen LogP contribution in [0.4, 0.5) is 0 Å². The quantitative estimate of drug-likeness (QED) is 0.816. The Morgan fingerprint density at radius 2 is 2.13 bits per heavy atom. The Bertz CT molecular complexity index is 298. The molecule has 4 heteroatoms. The standard InChI is InChI=1S/C11H22N4/c1-9(11(2,3)4)12-7-6-10-13-8-14-15(10)5/h8-9,12H,6-7H2,1-5H3. The smallest absolute Gasteiger partial charge is 0.138 e. The van der Waals surface area contributed by atoms with E-state index in [1.807, 2.05) is 11.7 Å². The fourth-order valence-electron chi connectivity index (χ4n) is 1.25. The summed E-state index contributed by atoms with van der Waals surface area (Å²) < 4.78 is 1.82. The third-order valence-corrected chi connectivity index (χ3v) is 2.90. The number of aryl methyl sites for hydroxylation is 1. The van der Waals surface area contributed by atoms with Gasteiger partial charge >= 0.3 is 0 Å². The maximum atomic E-state index is 4.19. The number of nitrogens with one attached hydrogen (secondary N) is 1. The van der Waals surface area contributed by atoms with E-state index in [4.69, 9.17) is 0 Å². The lowest BCUT2D eigenvalue weighted by Gasteiger charge is -2.28. The van der Waals surface area contributed by atoms with E-state index in [9.17, 15) is 0 Å². The Morgan fingerprint density at radius 3 is 2.60 bits per heavy atom. The van der Waals surface area contributed by atoms with E-state index in [0.717, 1.165) is 18.8 Å². The molecule has 0 radical (unpaired) electrons. The second kappa shape index (κ2) is 4.75. The van der Waals surface area contributed by atoms with Crippen LogP contribution in [-0.2, 0) is 13.5 Å². The fourth-order valence-corrected chi connectivity index (χ4v) is 1.25. The highest BCUT2D eigenvalue weighted by Crippen LogP contribution is 2.18. The van der Waals surface area contributed by atoms with E-state index in [1.54, 1.807) is 6.33 Å². The first-order chi connectivity index (χ1) is 6.91. The van der Waals surface area contributed by atoms with Gasteiger partial charge in [0, 0.05) is 26.1 Å². The summed E-state index contributed by atoms with van der Waals surface area (Å²) in [5.74, 6) is 1.03. The Balaban J connectivity index is 2.31. The summed E-state index contributed by atoms with van der Waals surface area (Å²) >= 11 is 0. The van der Waals surface area contributed by atoms with Crippen LogP contribution in [0.1, 0.15) is 33.5 Å². The zero-order valence-corrected chi connectivity index (χ0v) is 10.4. The van der Waals surface area contributed by atoms with Crippen molar-refractivity contribution in [2.45, 2.75) is 40.2 Å². The third kappa shape index (κ3) is 3.63. The van der Waals surface area contributed by atoms with Gasteiger partial charge < -0.3 is 5.32 Å². The predicted molar refractivity (Wildman–Crippen MR) is 61.6 cm³/mol. The molecule has 0 saturated carbocycles. The molecule has 15 heavy (non-hydrogen) atoms. The van der Waals surface area contributed by atoms with E-state index in [2.05, 4.69) is 43.1 Å². The Hall–Kier alpha value is -0.900. The van der Waals surface area contributed by atoms with Gasteiger partial charge in [-0.2, -0.15) is 5.10 Å². The third-order valence-electron chi connectivity index (χ3n) is 2.90. The monoisotopic (exact) mass is 210 g/mol. The van der Waals surface area contributed by atoms with E-state index in [1.165, 1.54) is 0 Å². The van der Waals surface area contributed by atoms with Crippen LogP contribution in [0.2, 0.25) is 0 Å². The Labute approximate surface area is 92.1 Å². The molecule has 1 aromatic heterocycles. The summed E-state index contributed by atoms with van der Waals surface area (Å²) in [4.78, 5) is 4.19. The molecule has 0 saturated heterocycles. The van der Waals surface area contributed by atoms with Gasteiger partial charge in [0.05, 0.1) is 0 Å². The molecule has 0 aliphatic heterocycles. The van der Waals surface area contributed by atoms with Crippen LogP contribution in [0.3, 0.4) is 0 Å². The molecule has 1 rings (SSSR count). The molecular formula is C11H22N4. The van der Waals surface area contributed by atoms with Crippen molar-refractivity contribution < 1.29 is 0 Å². The SMILES string of the molecule is CC(NCCc1ncnn1C)C(C)(C)C. The summed E-state index contributed by atoms with van der Waals surface area (Å²) in [5.41, 5.74) is 0.305. The van der Waals surface area contributed by atoms with Gasteiger partial charge in [-0.15, -0.1) is 0 Å². The van der Waals surface area contributed by atoms with Gasteiger partial charge in [-0.1, -0.05) is 20.8 Å². The molecule has 1 atom stereocenters. The van der Waals surface area contributed by atoms with Crippen molar-refractivity contribution in [1.82, 2.24) is 20.1 Å². The number of hydrogen-bond acceptors (Lipinski definition) is 3. The van der Waals surface area contributed by atoms with Crippen molar-refractivity contribution in [1.29, 1.82) is 0 Å². The van der Waals surface area contributed by atoms with Crippen LogP contribution in [0, 0.1) is 5.41 Å². The van der Waals surface area contributed by atoms with Gasteiger partial charge in [-0.25, -0.2) is 4.98 Å². The van der Waals surface area contributed by atoms with Crippen LogP contribution in [0.15, 0.2) is 6.33 Å². The van der Waals surface area contributed by atoms with E-state index < -0.39 is 0 Å². The second-order valence-electron chi connectivity index (χ2n) is 5.09. The summed E-state index contributed by atoms with van der Waals surface area (Å²) in [7, 11) is 1.93. The minimum absolute atomic E-state index is 0.305. The average Bonchev–Trinajstić information content (AvgIpc) is 2.50. The van der Waals surface area contributed by atoms with Crippen molar-refractivity contribution in [3.8, 4) is 0 Å². The van der Waals surface area contributed by atoms with Crippen LogP contribution in [-0.4, -0.2) is 27.4 Å². The fraction of sp³-hybridized carbons (Fsp3) is 0.818. The number of aromatic nitrogens is 3. The molecule has 1 unspecified atom stereocenters. The Morgan fingerprint density at radius 1 is 1.47 bits per heavy atom. The molecule has 0 amide bonds. The normalized spacial score (nSPS) is 14.2. The lowest BCUT2D eigenvalue weighted by molar-refractivity contribution is 0.287. The number of hydrogen-bond donors (Lipinski definition) is 1. The van der Waals surface area contributed by atoms with E-state index >= 15 is 0 Å². The first-order valence-corrected chi connectivity index (χ1v) is 5.47. The van der Waals surface area contributed by atoms with Crippen LogP contribution < -0.4 is 5.32 Å². The molecule has 0 bridgehead atoms. The number of rotatable bonds is 4. The lowest BCUT2D eigenvalue weighted by Crippen LogP contribution is -2.38. The predicted octanol–water partition coefficient (Wildman–Crippen LogP) is 1.38. The van der Waals surface area contributed by atoms with Gasteiger partial charge in [0.25, 0.3) is 0 Å². The molecule has 1 N–H and O–H groups in total. The Kier molecular flexibility index (Phi) is 3.85. The topological polar surface area (TPSA) is 42.7 Å². The molecule has 1 heterocycles. The molecule has 4 nitrogen and oxygen atoms in total. The van der Waals surface area contributed by atoms with Gasteiger partial charge in [-0.3, -0.25) is 4.68 Å². The molecule has 0 aromatic carbocycles. The number of nitrogens with zero attached hydrogens (tertiary/aromatic N) is 3.